The molecular weight excluding hydrogens is 160 g/mol. The molecular formula is C12H26O. The van der Waals surface area contributed by atoms with Gasteiger partial charge >= 0.3 is 0 Å². The summed E-state index contributed by atoms with van der Waals surface area (Å²) >= 11 is 0. The Balaban J connectivity index is 3.75. The van der Waals surface area contributed by atoms with Gasteiger partial charge in [-0.25, -0.2) is 0 Å². The Morgan fingerprint density at radius 3 is 2.08 bits per heavy atom. The largest absolute Gasteiger partial charge is 0.378 e. The molecule has 13 heavy (non-hydrogen) atoms. The van der Waals surface area contributed by atoms with Crippen LogP contribution in [0.1, 0.15) is 54.4 Å². The minimum absolute atomic E-state index is 0.335. The van der Waals surface area contributed by atoms with Crippen molar-refractivity contribution in [2.24, 2.45) is 11.3 Å². The van der Waals surface area contributed by atoms with Crippen molar-refractivity contribution in [3.63, 3.8) is 0 Å². The Labute approximate surface area is 83.9 Å². The van der Waals surface area contributed by atoms with E-state index in [-0.39, 0.29) is 0 Å². The van der Waals surface area contributed by atoms with E-state index in [1.54, 1.807) is 0 Å². The maximum Gasteiger partial charge on any atom is 0.0572 e. The first-order valence-electron chi connectivity index (χ1n) is 5.54. The van der Waals surface area contributed by atoms with Gasteiger partial charge in [-0.15, -0.1) is 0 Å². The van der Waals surface area contributed by atoms with Crippen LogP contribution in [0.25, 0.3) is 0 Å². The molecule has 2 atom stereocenters. The Morgan fingerprint density at radius 1 is 1.15 bits per heavy atom. The molecule has 0 aromatic carbocycles. The fraction of sp³-hybridized carbons (Fsp3) is 1.00. The van der Waals surface area contributed by atoms with Crippen LogP contribution in [0.4, 0.5) is 0 Å². The molecule has 0 heterocycles. The standard InChI is InChI=1S/C12H26O/c1-7-10(3)11(4)13-9-12(5,6)8-2/h10-11H,7-9H2,1-6H3. The second kappa shape index (κ2) is 5.64. The number of ether oxygens (including phenoxy) is 1. The van der Waals surface area contributed by atoms with Crippen molar-refractivity contribution in [3.8, 4) is 0 Å². The number of hydrogen-bond acceptors (Lipinski definition) is 1. The Morgan fingerprint density at radius 2 is 1.69 bits per heavy atom. The van der Waals surface area contributed by atoms with Gasteiger partial charge in [0.2, 0.25) is 0 Å². The van der Waals surface area contributed by atoms with Crippen molar-refractivity contribution >= 4 is 0 Å². The van der Waals surface area contributed by atoms with Crippen LogP contribution in [0.15, 0.2) is 0 Å². The van der Waals surface area contributed by atoms with Crippen LogP contribution < -0.4 is 0 Å². The number of rotatable bonds is 6. The smallest absolute Gasteiger partial charge is 0.0572 e. The molecule has 0 fully saturated rings. The van der Waals surface area contributed by atoms with Crippen LogP contribution in [0.5, 0.6) is 0 Å². The Kier molecular flexibility index (Phi) is 5.62. The third kappa shape index (κ3) is 5.30. The Bertz CT molecular complexity index is 129. The lowest BCUT2D eigenvalue weighted by molar-refractivity contribution is -0.0155. The summed E-state index contributed by atoms with van der Waals surface area (Å²) in [6.07, 6.45) is 2.78. The fourth-order valence-corrected chi connectivity index (χ4v) is 0.955. The molecule has 1 nitrogen and oxygen atoms in total. The average molecular weight is 186 g/mol. The zero-order valence-electron chi connectivity index (χ0n) is 10.2. The summed E-state index contributed by atoms with van der Waals surface area (Å²) in [5, 5.41) is 0. The van der Waals surface area contributed by atoms with Crippen molar-refractivity contribution < 1.29 is 4.74 Å². The molecule has 0 radical (unpaired) electrons. The molecule has 0 aromatic rings. The molecule has 0 amide bonds. The summed E-state index contributed by atoms with van der Waals surface area (Å²) in [7, 11) is 0. The van der Waals surface area contributed by atoms with Crippen molar-refractivity contribution in [1.82, 2.24) is 0 Å². The van der Waals surface area contributed by atoms with Gasteiger partial charge in [-0.05, 0) is 24.7 Å². The highest BCUT2D eigenvalue weighted by Crippen LogP contribution is 2.22. The highest BCUT2D eigenvalue weighted by molar-refractivity contribution is 4.67. The molecule has 1 heteroatoms. The molecule has 0 aliphatic rings. The normalized spacial score (nSPS) is 17.1. The van der Waals surface area contributed by atoms with E-state index in [0.29, 0.717) is 17.4 Å². The molecule has 80 valence electrons. The molecule has 0 rings (SSSR count). The van der Waals surface area contributed by atoms with Gasteiger partial charge in [0.05, 0.1) is 12.7 Å². The van der Waals surface area contributed by atoms with Gasteiger partial charge in [-0.1, -0.05) is 41.0 Å². The summed E-state index contributed by atoms with van der Waals surface area (Å²) in [6, 6.07) is 0. The first-order valence-corrected chi connectivity index (χ1v) is 5.54. The van der Waals surface area contributed by atoms with Gasteiger partial charge in [-0.2, -0.15) is 0 Å². The molecule has 0 N–H and O–H groups in total. The van der Waals surface area contributed by atoms with Gasteiger partial charge in [0.1, 0.15) is 0 Å². The van der Waals surface area contributed by atoms with Gasteiger partial charge < -0.3 is 4.74 Å². The van der Waals surface area contributed by atoms with E-state index in [1.807, 2.05) is 0 Å². The van der Waals surface area contributed by atoms with Gasteiger partial charge in [-0.3, -0.25) is 0 Å². The van der Waals surface area contributed by atoms with E-state index in [0.717, 1.165) is 6.61 Å². The van der Waals surface area contributed by atoms with Crippen LogP contribution in [0, 0.1) is 11.3 Å². The number of hydrogen-bond donors (Lipinski definition) is 0. The van der Waals surface area contributed by atoms with Crippen LogP contribution in [0.3, 0.4) is 0 Å². The van der Waals surface area contributed by atoms with Crippen LogP contribution in [-0.2, 0) is 4.74 Å². The third-order valence-corrected chi connectivity index (χ3v) is 3.14. The summed E-state index contributed by atoms with van der Waals surface area (Å²) in [5.41, 5.74) is 0.335. The second-order valence-corrected chi connectivity index (χ2v) is 4.92. The highest BCUT2D eigenvalue weighted by Gasteiger charge is 2.18. The maximum absolute atomic E-state index is 5.85. The highest BCUT2D eigenvalue weighted by atomic mass is 16.5. The molecule has 0 aliphatic carbocycles. The summed E-state index contributed by atoms with van der Waals surface area (Å²) in [6.45, 7) is 14.3. The lowest BCUT2D eigenvalue weighted by Gasteiger charge is -2.27. The Hall–Kier alpha value is -0.0400. The predicted molar refractivity (Wildman–Crippen MR) is 58.9 cm³/mol. The zero-order chi connectivity index (χ0) is 10.5. The third-order valence-electron chi connectivity index (χ3n) is 3.14. The topological polar surface area (TPSA) is 9.23 Å². The van der Waals surface area contributed by atoms with E-state index in [1.165, 1.54) is 12.8 Å². The van der Waals surface area contributed by atoms with Gasteiger partial charge in [0.15, 0.2) is 0 Å². The van der Waals surface area contributed by atoms with Gasteiger partial charge in [0.25, 0.3) is 0 Å². The molecule has 0 saturated carbocycles. The minimum atomic E-state index is 0.335. The minimum Gasteiger partial charge on any atom is -0.378 e. The van der Waals surface area contributed by atoms with Crippen molar-refractivity contribution in [2.75, 3.05) is 6.61 Å². The molecule has 0 aromatic heterocycles. The monoisotopic (exact) mass is 186 g/mol. The lowest BCUT2D eigenvalue weighted by Crippen LogP contribution is -2.25. The lowest BCUT2D eigenvalue weighted by atomic mass is 9.91. The van der Waals surface area contributed by atoms with E-state index < -0.39 is 0 Å². The van der Waals surface area contributed by atoms with Crippen LogP contribution >= 0.6 is 0 Å². The van der Waals surface area contributed by atoms with E-state index in [2.05, 4.69) is 41.5 Å². The second-order valence-electron chi connectivity index (χ2n) is 4.92. The van der Waals surface area contributed by atoms with Crippen molar-refractivity contribution in [3.05, 3.63) is 0 Å². The average Bonchev–Trinajstić information content (AvgIpc) is 2.13. The first-order chi connectivity index (χ1) is 5.93. The molecule has 0 saturated heterocycles. The summed E-state index contributed by atoms with van der Waals surface area (Å²) in [4.78, 5) is 0. The maximum atomic E-state index is 5.85. The fourth-order valence-electron chi connectivity index (χ4n) is 0.955. The predicted octanol–water partition coefficient (Wildman–Crippen LogP) is 3.87. The molecule has 0 aliphatic heterocycles. The quantitative estimate of drug-likeness (QED) is 0.612. The molecule has 0 bridgehead atoms. The van der Waals surface area contributed by atoms with E-state index in [4.69, 9.17) is 4.74 Å². The van der Waals surface area contributed by atoms with Crippen molar-refractivity contribution in [1.29, 1.82) is 0 Å². The van der Waals surface area contributed by atoms with Crippen LogP contribution in [-0.4, -0.2) is 12.7 Å². The summed E-state index contributed by atoms with van der Waals surface area (Å²) in [5.74, 6) is 0.674. The zero-order valence-corrected chi connectivity index (χ0v) is 10.2. The SMILES string of the molecule is CCC(C)C(C)OCC(C)(C)CC. The van der Waals surface area contributed by atoms with Gasteiger partial charge in [0, 0.05) is 0 Å². The summed E-state index contributed by atoms with van der Waals surface area (Å²) < 4.78 is 5.85. The van der Waals surface area contributed by atoms with E-state index >= 15 is 0 Å². The van der Waals surface area contributed by atoms with Crippen LogP contribution in [0.2, 0.25) is 0 Å². The molecule has 0 spiro atoms. The first kappa shape index (κ1) is 13.0. The van der Waals surface area contributed by atoms with E-state index in [9.17, 15) is 0 Å². The van der Waals surface area contributed by atoms with Crippen molar-refractivity contribution in [2.45, 2.75) is 60.5 Å². The molecule has 2 unspecified atom stereocenters.